The number of para-hydroxylation sites is 1. The Morgan fingerprint density at radius 1 is 1.06 bits per heavy atom. The summed E-state index contributed by atoms with van der Waals surface area (Å²) >= 11 is 0. The largest absolute Gasteiger partial charge is 0.491 e. The van der Waals surface area contributed by atoms with Crippen LogP contribution in [0.3, 0.4) is 0 Å². The number of nitrogens with one attached hydrogen (secondary N) is 1. The molecule has 33 heavy (non-hydrogen) atoms. The molecule has 2 aliphatic rings. The van der Waals surface area contributed by atoms with Crippen molar-refractivity contribution < 1.29 is 19.1 Å². The van der Waals surface area contributed by atoms with Gasteiger partial charge in [0, 0.05) is 29.0 Å². The van der Waals surface area contributed by atoms with Crippen molar-refractivity contribution in [1.29, 1.82) is 0 Å². The molecule has 0 fully saturated rings. The van der Waals surface area contributed by atoms with Gasteiger partial charge in [0.15, 0.2) is 5.78 Å². The zero-order valence-electron chi connectivity index (χ0n) is 19.7. The minimum absolute atomic E-state index is 0.0399. The van der Waals surface area contributed by atoms with Crippen molar-refractivity contribution in [2.75, 3.05) is 6.61 Å². The molecule has 4 rings (SSSR count). The number of ether oxygens (including phenoxy) is 2. The average molecular weight is 446 g/mol. The van der Waals surface area contributed by atoms with Crippen LogP contribution in [0.5, 0.6) is 5.75 Å². The lowest BCUT2D eigenvalue weighted by molar-refractivity contribution is -0.138. The molecule has 2 unspecified atom stereocenters. The van der Waals surface area contributed by atoms with Crippen LogP contribution in [0.4, 0.5) is 0 Å². The maximum Gasteiger partial charge on any atom is 0.336 e. The molecule has 2 atom stereocenters. The Morgan fingerprint density at radius 3 is 2.45 bits per heavy atom. The number of carbonyl (C=O) groups excluding carboxylic acids is 2. The highest BCUT2D eigenvalue weighted by Gasteiger charge is 2.42. The smallest absolute Gasteiger partial charge is 0.336 e. The molecular weight excluding hydrogens is 414 g/mol. The maximum absolute atomic E-state index is 13.6. The molecule has 2 aromatic rings. The molecule has 0 radical (unpaired) electrons. The van der Waals surface area contributed by atoms with Gasteiger partial charge in [0.05, 0.1) is 24.2 Å². The van der Waals surface area contributed by atoms with E-state index in [9.17, 15) is 9.59 Å². The van der Waals surface area contributed by atoms with E-state index in [0.717, 1.165) is 22.5 Å². The van der Waals surface area contributed by atoms with Crippen molar-refractivity contribution in [2.45, 2.75) is 58.5 Å². The Hall–Kier alpha value is -3.34. The summed E-state index contributed by atoms with van der Waals surface area (Å²) in [6.45, 7) is 7.87. The van der Waals surface area contributed by atoms with Crippen molar-refractivity contribution in [3.05, 3.63) is 88.3 Å². The first-order chi connectivity index (χ1) is 15.9. The fraction of sp³-hybridized carbons (Fsp3) is 0.357. The van der Waals surface area contributed by atoms with Gasteiger partial charge < -0.3 is 14.8 Å². The molecule has 172 valence electrons. The Labute approximate surface area is 195 Å². The van der Waals surface area contributed by atoms with Crippen LogP contribution in [0, 0.1) is 0 Å². The Morgan fingerprint density at radius 2 is 1.76 bits per heavy atom. The van der Waals surface area contributed by atoms with Gasteiger partial charge in [0.2, 0.25) is 0 Å². The first-order valence-electron chi connectivity index (χ1n) is 11.6. The first kappa shape index (κ1) is 22.8. The quantitative estimate of drug-likeness (QED) is 0.603. The lowest BCUT2D eigenvalue weighted by atomic mass is 9.71. The van der Waals surface area contributed by atoms with Crippen LogP contribution >= 0.6 is 0 Å². The number of carbonyl (C=O) groups is 2. The minimum Gasteiger partial charge on any atom is -0.491 e. The summed E-state index contributed by atoms with van der Waals surface area (Å²) in [6.07, 6.45) is 1.08. The van der Waals surface area contributed by atoms with Crippen LogP contribution in [-0.2, 0) is 14.3 Å². The Bertz CT molecular complexity index is 1110. The monoisotopic (exact) mass is 445 g/mol. The van der Waals surface area contributed by atoms with Gasteiger partial charge in [-0.2, -0.15) is 0 Å². The number of ketones is 1. The number of dihydropyridines is 1. The van der Waals surface area contributed by atoms with Crippen molar-refractivity contribution in [3.8, 4) is 5.75 Å². The fourth-order valence-electron chi connectivity index (χ4n) is 4.87. The Kier molecular flexibility index (Phi) is 6.68. The minimum atomic E-state index is -0.528. The predicted octanol–water partition coefficient (Wildman–Crippen LogP) is 5.40. The predicted molar refractivity (Wildman–Crippen MR) is 128 cm³/mol. The van der Waals surface area contributed by atoms with E-state index in [1.165, 1.54) is 0 Å². The third kappa shape index (κ3) is 4.58. The standard InChI is InChI=1S/C28H31NO4/c1-5-32-28(31)25-18(4)29-22-15-20(19-11-7-6-8-12-19)16-23(30)27(22)26(25)21-13-9-10-14-24(21)33-17(2)3/h6-14,17,20,26,29H,5,15-16H2,1-4H3. The zero-order chi connectivity index (χ0) is 23.5. The van der Waals surface area contributed by atoms with E-state index in [0.29, 0.717) is 29.7 Å². The van der Waals surface area contributed by atoms with Gasteiger partial charge in [0.1, 0.15) is 5.75 Å². The third-order valence-electron chi connectivity index (χ3n) is 6.19. The highest BCUT2D eigenvalue weighted by atomic mass is 16.5. The van der Waals surface area contributed by atoms with Gasteiger partial charge in [-0.3, -0.25) is 4.79 Å². The van der Waals surface area contributed by atoms with Crippen LogP contribution in [0.2, 0.25) is 0 Å². The third-order valence-corrected chi connectivity index (χ3v) is 6.19. The van der Waals surface area contributed by atoms with Crippen LogP contribution in [0.1, 0.15) is 63.5 Å². The second kappa shape index (κ2) is 9.65. The molecule has 5 nitrogen and oxygen atoms in total. The molecule has 0 amide bonds. The van der Waals surface area contributed by atoms with Crippen LogP contribution in [0.15, 0.2) is 77.1 Å². The zero-order valence-corrected chi connectivity index (χ0v) is 19.7. The molecule has 1 heterocycles. The number of hydrogen-bond acceptors (Lipinski definition) is 5. The van der Waals surface area contributed by atoms with Gasteiger partial charge >= 0.3 is 5.97 Å². The van der Waals surface area contributed by atoms with Crippen molar-refractivity contribution in [3.63, 3.8) is 0 Å². The molecule has 1 aliphatic carbocycles. The fourth-order valence-corrected chi connectivity index (χ4v) is 4.87. The number of hydrogen-bond donors (Lipinski definition) is 1. The maximum atomic E-state index is 13.6. The first-order valence-corrected chi connectivity index (χ1v) is 11.6. The van der Waals surface area contributed by atoms with E-state index >= 15 is 0 Å². The lowest BCUT2D eigenvalue weighted by Gasteiger charge is -2.37. The molecule has 0 spiro atoms. The lowest BCUT2D eigenvalue weighted by Crippen LogP contribution is -2.36. The van der Waals surface area contributed by atoms with Gasteiger partial charge in [-0.1, -0.05) is 48.5 Å². The van der Waals surface area contributed by atoms with Crippen LogP contribution in [0.25, 0.3) is 0 Å². The topological polar surface area (TPSA) is 64.6 Å². The highest BCUT2D eigenvalue weighted by Crippen LogP contribution is 2.47. The molecule has 0 bridgehead atoms. The number of esters is 1. The number of Topliss-reactive ketones (excluding diaryl/α,β-unsaturated/α-hetero) is 1. The van der Waals surface area contributed by atoms with Crippen molar-refractivity contribution in [2.24, 2.45) is 0 Å². The van der Waals surface area contributed by atoms with Gasteiger partial charge in [-0.15, -0.1) is 0 Å². The van der Waals surface area contributed by atoms with Crippen molar-refractivity contribution in [1.82, 2.24) is 5.32 Å². The van der Waals surface area contributed by atoms with E-state index in [4.69, 9.17) is 9.47 Å². The van der Waals surface area contributed by atoms with E-state index in [2.05, 4.69) is 17.4 Å². The Balaban J connectivity index is 1.84. The molecule has 1 aliphatic heterocycles. The number of benzene rings is 2. The summed E-state index contributed by atoms with van der Waals surface area (Å²) in [5.74, 6) is -0.101. The van der Waals surface area contributed by atoms with Gasteiger partial charge in [-0.25, -0.2) is 4.79 Å². The van der Waals surface area contributed by atoms with Gasteiger partial charge in [0.25, 0.3) is 0 Å². The summed E-state index contributed by atoms with van der Waals surface area (Å²) in [5, 5.41) is 3.39. The summed E-state index contributed by atoms with van der Waals surface area (Å²) in [6, 6.07) is 17.8. The second-order valence-corrected chi connectivity index (χ2v) is 8.85. The summed E-state index contributed by atoms with van der Waals surface area (Å²) < 4.78 is 11.5. The summed E-state index contributed by atoms with van der Waals surface area (Å²) in [7, 11) is 0. The average Bonchev–Trinajstić information content (AvgIpc) is 2.78. The van der Waals surface area contributed by atoms with E-state index in [-0.39, 0.29) is 24.4 Å². The molecular formula is C28H31NO4. The summed E-state index contributed by atoms with van der Waals surface area (Å²) in [4.78, 5) is 26.7. The molecule has 0 saturated heterocycles. The molecule has 0 aromatic heterocycles. The van der Waals surface area contributed by atoms with E-state index in [1.807, 2.05) is 63.2 Å². The van der Waals surface area contributed by atoms with E-state index in [1.54, 1.807) is 6.92 Å². The van der Waals surface area contributed by atoms with E-state index < -0.39 is 11.9 Å². The number of allylic oxidation sites excluding steroid dienone is 3. The van der Waals surface area contributed by atoms with Crippen LogP contribution in [-0.4, -0.2) is 24.5 Å². The summed E-state index contributed by atoms with van der Waals surface area (Å²) in [5.41, 5.74) is 4.69. The second-order valence-electron chi connectivity index (χ2n) is 8.85. The highest BCUT2D eigenvalue weighted by molar-refractivity contribution is 6.04. The molecule has 5 heteroatoms. The van der Waals surface area contributed by atoms with Crippen molar-refractivity contribution >= 4 is 11.8 Å². The van der Waals surface area contributed by atoms with Gasteiger partial charge in [-0.05, 0) is 51.7 Å². The SMILES string of the molecule is CCOC(=O)C1=C(C)NC2=C(C(=O)CC(c3ccccc3)C2)C1c1ccccc1OC(C)C. The van der Waals surface area contributed by atoms with Crippen LogP contribution < -0.4 is 10.1 Å². The molecule has 0 saturated carbocycles. The number of rotatable bonds is 6. The molecule has 1 N–H and O–H groups in total. The molecule has 2 aromatic carbocycles. The normalized spacial score (nSPS) is 20.5.